The van der Waals surface area contributed by atoms with Crippen LogP contribution in [0, 0.1) is 11.3 Å². The van der Waals surface area contributed by atoms with E-state index in [2.05, 4.69) is 11.4 Å². The fraction of sp³-hybridized carbons (Fsp3) is 0.667. The van der Waals surface area contributed by atoms with E-state index in [0.717, 1.165) is 19.3 Å². The van der Waals surface area contributed by atoms with E-state index in [1.165, 1.54) is 13.2 Å². The molecule has 0 radical (unpaired) electrons. The van der Waals surface area contributed by atoms with Gasteiger partial charge in [-0.05, 0) is 19.8 Å². The van der Waals surface area contributed by atoms with Gasteiger partial charge in [0.2, 0.25) is 5.76 Å². The number of esters is 1. The average molecular weight is 308 g/mol. The lowest BCUT2D eigenvalue weighted by Gasteiger charge is -2.32. The normalized spacial score (nSPS) is 21.2. The highest BCUT2D eigenvalue weighted by molar-refractivity contribution is 5.90. The largest absolute Gasteiger partial charge is 0.493 e. The first kappa shape index (κ1) is 16.1. The van der Waals surface area contributed by atoms with Crippen molar-refractivity contribution in [2.75, 3.05) is 13.2 Å². The standard InChI is InChI=1S/C15H20N2O5/c1-11(22-14(19)12-9-20-7-8-21-12)13(18)17-15(10-16)5-3-2-4-6-15/h9,11H,2-8H2,1H3,(H,17,18)/t11-/m0/s1. The molecule has 1 amide bonds. The second-order valence-corrected chi connectivity index (χ2v) is 5.49. The van der Waals surface area contributed by atoms with Gasteiger partial charge in [-0.15, -0.1) is 0 Å². The van der Waals surface area contributed by atoms with E-state index < -0.39 is 23.5 Å². The van der Waals surface area contributed by atoms with Gasteiger partial charge in [-0.3, -0.25) is 4.79 Å². The number of rotatable bonds is 4. The van der Waals surface area contributed by atoms with Gasteiger partial charge in [0, 0.05) is 0 Å². The van der Waals surface area contributed by atoms with Gasteiger partial charge in [-0.2, -0.15) is 5.26 Å². The molecular weight excluding hydrogens is 288 g/mol. The molecule has 0 aromatic heterocycles. The van der Waals surface area contributed by atoms with Crippen LogP contribution >= 0.6 is 0 Å². The van der Waals surface area contributed by atoms with E-state index >= 15 is 0 Å². The predicted octanol–water partition coefficient (Wildman–Crippen LogP) is 1.15. The fourth-order valence-corrected chi connectivity index (χ4v) is 2.51. The van der Waals surface area contributed by atoms with Crippen molar-refractivity contribution in [2.24, 2.45) is 0 Å². The maximum Gasteiger partial charge on any atom is 0.377 e. The Morgan fingerprint density at radius 3 is 2.68 bits per heavy atom. The van der Waals surface area contributed by atoms with Crippen LogP contribution in [0.3, 0.4) is 0 Å². The summed E-state index contributed by atoms with van der Waals surface area (Å²) < 4.78 is 15.1. The van der Waals surface area contributed by atoms with E-state index in [1.54, 1.807) is 0 Å². The Kier molecular flexibility index (Phi) is 5.26. The molecule has 7 nitrogen and oxygen atoms in total. The Hall–Kier alpha value is -2.23. The number of carbonyl (C=O) groups is 2. The van der Waals surface area contributed by atoms with E-state index in [1.807, 2.05) is 0 Å². The minimum absolute atomic E-state index is 0.0569. The molecule has 1 N–H and O–H groups in total. The number of hydrogen-bond acceptors (Lipinski definition) is 6. The summed E-state index contributed by atoms with van der Waals surface area (Å²) in [7, 11) is 0. The van der Waals surface area contributed by atoms with Crippen LogP contribution in [0.1, 0.15) is 39.0 Å². The van der Waals surface area contributed by atoms with Crippen LogP contribution < -0.4 is 5.32 Å². The predicted molar refractivity (Wildman–Crippen MR) is 75.1 cm³/mol. The van der Waals surface area contributed by atoms with E-state index in [0.29, 0.717) is 19.4 Å². The van der Waals surface area contributed by atoms with Gasteiger partial charge < -0.3 is 19.5 Å². The molecule has 0 aromatic rings. The Labute approximate surface area is 129 Å². The molecule has 0 saturated heterocycles. The summed E-state index contributed by atoms with van der Waals surface area (Å²) in [4.78, 5) is 24.0. The van der Waals surface area contributed by atoms with Crippen molar-refractivity contribution in [1.82, 2.24) is 5.32 Å². The summed E-state index contributed by atoms with van der Waals surface area (Å²) in [5, 5.41) is 12.1. The van der Waals surface area contributed by atoms with Crippen LogP contribution in [-0.2, 0) is 23.8 Å². The fourth-order valence-electron chi connectivity index (χ4n) is 2.51. The minimum atomic E-state index is -1.01. The molecule has 1 fully saturated rings. The molecule has 0 unspecified atom stereocenters. The highest BCUT2D eigenvalue weighted by Gasteiger charge is 2.35. The number of hydrogen-bond donors (Lipinski definition) is 1. The van der Waals surface area contributed by atoms with Gasteiger partial charge in [0.05, 0.1) is 6.07 Å². The van der Waals surface area contributed by atoms with Crippen LogP contribution in [0.15, 0.2) is 12.0 Å². The maximum absolute atomic E-state index is 12.2. The molecule has 1 aliphatic heterocycles. The molecule has 0 spiro atoms. The first-order valence-electron chi connectivity index (χ1n) is 7.45. The smallest absolute Gasteiger partial charge is 0.377 e. The van der Waals surface area contributed by atoms with Gasteiger partial charge in [0.1, 0.15) is 25.0 Å². The molecule has 1 heterocycles. The summed E-state index contributed by atoms with van der Waals surface area (Å²) in [6, 6.07) is 2.19. The number of amides is 1. The van der Waals surface area contributed by atoms with Crippen LogP contribution in [0.4, 0.5) is 0 Å². The lowest BCUT2D eigenvalue weighted by Crippen LogP contribution is -2.52. The molecule has 2 rings (SSSR count). The third kappa shape index (κ3) is 3.91. The van der Waals surface area contributed by atoms with Crippen molar-refractivity contribution in [3.63, 3.8) is 0 Å². The van der Waals surface area contributed by atoms with Gasteiger partial charge in [0.25, 0.3) is 5.91 Å². The Morgan fingerprint density at radius 2 is 2.09 bits per heavy atom. The third-order valence-electron chi connectivity index (χ3n) is 3.79. The molecular formula is C15H20N2O5. The minimum Gasteiger partial charge on any atom is -0.493 e. The average Bonchev–Trinajstić information content (AvgIpc) is 2.56. The van der Waals surface area contributed by atoms with Crippen molar-refractivity contribution < 1.29 is 23.8 Å². The second kappa shape index (κ2) is 7.16. The quantitative estimate of drug-likeness (QED) is 0.782. The van der Waals surface area contributed by atoms with E-state index in [4.69, 9.17) is 14.2 Å². The summed E-state index contributed by atoms with van der Waals surface area (Å²) in [6.07, 6.45) is 4.28. The first-order valence-corrected chi connectivity index (χ1v) is 7.45. The molecule has 22 heavy (non-hydrogen) atoms. The highest BCUT2D eigenvalue weighted by Crippen LogP contribution is 2.27. The summed E-state index contributed by atoms with van der Waals surface area (Å²) in [5.74, 6) is -1.29. The zero-order chi connectivity index (χ0) is 16.0. The summed E-state index contributed by atoms with van der Waals surface area (Å²) in [5.41, 5.74) is -0.848. The first-order chi connectivity index (χ1) is 10.6. The van der Waals surface area contributed by atoms with Gasteiger partial charge in [-0.25, -0.2) is 4.79 Å². The number of carbonyl (C=O) groups excluding carboxylic acids is 2. The molecule has 0 aromatic carbocycles. The Morgan fingerprint density at radius 1 is 1.36 bits per heavy atom. The van der Waals surface area contributed by atoms with E-state index in [9.17, 15) is 14.9 Å². The zero-order valence-corrected chi connectivity index (χ0v) is 12.6. The maximum atomic E-state index is 12.2. The van der Waals surface area contributed by atoms with Gasteiger partial charge in [-0.1, -0.05) is 19.3 Å². The molecule has 1 saturated carbocycles. The van der Waals surface area contributed by atoms with Crippen molar-refractivity contribution in [1.29, 1.82) is 5.26 Å². The molecule has 1 aliphatic carbocycles. The van der Waals surface area contributed by atoms with Gasteiger partial charge in [0.15, 0.2) is 6.10 Å². The SMILES string of the molecule is C[C@H](OC(=O)C1=COCCO1)C(=O)NC1(C#N)CCCCC1. The van der Waals surface area contributed by atoms with Gasteiger partial charge >= 0.3 is 5.97 Å². The second-order valence-electron chi connectivity index (χ2n) is 5.49. The summed E-state index contributed by atoms with van der Waals surface area (Å²) >= 11 is 0. The number of ether oxygens (including phenoxy) is 3. The Balaban J connectivity index is 1.90. The number of nitriles is 1. The van der Waals surface area contributed by atoms with Crippen molar-refractivity contribution in [2.45, 2.75) is 50.7 Å². The van der Waals surface area contributed by atoms with Crippen LogP contribution in [0.25, 0.3) is 0 Å². The third-order valence-corrected chi connectivity index (χ3v) is 3.79. The molecule has 1 atom stereocenters. The topological polar surface area (TPSA) is 97.7 Å². The lowest BCUT2D eigenvalue weighted by molar-refractivity contribution is -0.156. The zero-order valence-electron chi connectivity index (χ0n) is 12.6. The van der Waals surface area contributed by atoms with Crippen LogP contribution in [0.2, 0.25) is 0 Å². The van der Waals surface area contributed by atoms with E-state index in [-0.39, 0.29) is 12.4 Å². The number of nitrogens with zero attached hydrogens (tertiary/aromatic N) is 1. The molecule has 120 valence electrons. The highest BCUT2D eigenvalue weighted by atomic mass is 16.6. The lowest BCUT2D eigenvalue weighted by atomic mass is 9.83. The van der Waals surface area contributed by atoms with Crippen LogP contribution in [-0.4, -0.2) is 36.7 Å². The summed E-state index contributed by atoms with van der Waals surface area (Å²) in [6.45, 7) is 2.10. The van der Waals surface area contributed by atoms with Crippen molar-refractivity contribution in [3.8, 4) is 6.07 Å². The van der Waals surface area contributed by atoms with Crippen molar-refractivity contribution >= 4 is 11.9 Å². The molecule has 0 bridgehead atoms. The Bertz CT molecular complexity index is 503. The van der Waals surface area contributed by atoms with Crippen molar-refractivity contribution in [3.05, 3.63) is 12.0 Å². The molecule has 2 aliphatic rings. The number of nitrogens with one attached hydrogen (secondary N) is 1. The molecule has 7 heteroatoms. The monoisotopic (exact) mass is 308 g/mol. The van der Waals surface area contributed by atoms with Crippen LogP contribution in [0.5, 0.6) is 0 Å².